The summed E-state index contributed by atoms with van der Waals surface area (Å²) in [7, 11) is 3.94. The van der Waals surface area contributed by atoms with Crippen molar-refractivity contribution < 1.29 is 4.74 Å². The van der Waals surface area contributed by atoms with E-state index in [0.717, 1.165) is 11.6 Å². The van der Waals surface area contributed by atoms with E-state index in [4.69, 9.17) is 4.74 Å². The van der Waals surface area contributed by atoms with Gasteiger partial charge in [-0.1, -0.05) is 20.8 Å². The number of nitrogens with zero attached hydrogens (tertiary/aromatic N) is 3. The van der Waals surface area contributed by atoms with Crippen molar-refractivity contribution in [1.29, 1.82) is 0 Å². The standard InChI is InChI=1S/C15H28N4O/c1-8-20-10-13-17-12(16-6)9-14(18-13)19(7)11(2)15(3,4)5/h9,11H,8,10H2,1-7H3,(H,16,17,18). The van der Waals surface area contributed by atoms with Crippen LogP contribution in [-0.2, 0) is 11.3 Å². The molecule has 0 aliphatic carbocycles. The van der Waals surface area contributed by atoms with Gasteiger partial charge in [-0.05, 0) is 19.3 Å². The molecule has 0 aliphatic heterocycles. The summed E-state index contributed by atoms with van der Waals surface area (Å²) >= 11 is 0. The van der Waals surface area contributed by atoms with Gasteiger partial charge in [-0.3, -0.25) is 0 Å². The Morgan fingerprint density at radius 3 is 2.50 bits per heavy atom. The molecule has 5 heteroatoms. The van der Waals surface area contributed by atoms with Crippen molar-refractivity contribution in [1.82, 2.24) is 9.97 Å². The molecule has 1 aromatic rings. The lowest BCUT2D eigenvalue weighted by Gasteiger charge is -2.36. The molecule has 0 amide bonds. The average molecular weight is 280 g/mol. The molecule has 1 N–H and O–H groups in total. The maximum atomic E-state index is 5.41. The van der Waals surface area contributed by atoms with E-state index in [2.05, 4.69) is 54.9 Å². The van der Waals surface area contributed by atoms with Crippen LogP contribution in [0.3, 0.4) is 0 Å². The van der Waals surface area contributed by atoms with Crippen molar-refractivity contribution in [3.8, 4) is 0 Å². The molecule has 5 nitrogen and oxygen atoms in total. The molecule has 0 fully saturated rings. The van der Waals surface area contributed by atoms with Crippen LogP contribution < -0.4 is 10.2 Å². The lowest BCUT2D eigenvalue weighted by molar-refractivity contribution is 0.128. The van der Waals surface area contributed by atoms with Crippen LogP contribution in [0.4, 0.5) is 11.6 Å². The lowest BCUT2D eigenvalue weighted by Crippen LogP contribution is -2.40. The monoisotopic (exact) mass is 280 g/mol. The van der Waals surface area contributed by atoms with E-state index in [1.54, 1.807) is 0 Å². The Balaban J connectivity index is 3.03. The second-order valence-electron chi connectivity index (χ2n) is 6.07. The highest BCUT2D eigenvalue weighted by Crippen LogP contribution is 2.27. The zero-order valence-corrected chi connectivity index (χ0v) is 13.8. The molecule has 1 unspecified atom stereocenters. The molecule has 1 atom stereocenters. The van der Waals surface area contributed by atoms with Gasteiger partial charge in [0.25, 0.3) is 0 Å². The summed E-state index contributed by atoms with van der Waals surface area (Å²) in [6.45, 7) is 12.0. The van der Waals surface area contributed by atoms with Gasteiger partial charge >= 0.3 is 0 Å². The lowest BCUT2D eigenvalue weighted by atomic mass is 9.87. The van der Waals surface area contributed by atoms with Crippen LogP contribution in [-0.4, -0.2) is 36.7 Å². The first-order chi connectivity index (χ1) is 9.29. The highest BCUT2D eigenvalue weighted by Gasteiger charge is 2.25. The fourth-order valence-corrected chi connectivity index (χ4v) is 1.83. The van der Waals surface area contributed by atoms with Gasteiger partial charge in [0.1, 0.15) is 18.2 Å². The smallest absolute Gasteiger partial charge is 0.158 e. The molecule has 0 saturated carbocycles. The van der Waals surface area contributed by atoms with Gasteiger partial charge in [0.2, 0.25) is 0 Å². The summed E-state index contributed by atoms with van der Waals surface area (Å²) in [5, 5.41) is 3.08. The number of hydrogen-bond acceptors (Lipinski definition) is 5. The number of nitrogens with one attached hydrogen (secondary N) is 1. The molecule has 0 spiro atoms. The predicted molar refractivity (Wildman–Crippen MR) is 84.2 cm³/mol. The molecular weight excluding hydrogens is 252 g/mol. The van der Waals surface area contributed by atoms with Crippen molar-refractivity contribution in [3.05, 3.63) is 11.9 Å². The zero-order valence-electron chi connectivity index (χ0n) is 13.8. The minimum absolute atomic E-state index is 0.180. The van der Waals surface area contributed by atoms with Crippen LogP contribution in [0.1, 0.15) is 40.4 Å². The molecule has 0 aromatic carbocycles. The Kier molecular flexibility index (Phi) is 5.74. The van der Waals surface area contributed by atoms with Gasteiger partial charge in [-0.25, -0.2) is 9.97 Å². The second-order valence-corrected chi connectivity index (χ2v) is 6.07. The molecule has 0 radical (unpaired) electrons. The quantitative estimate of drug-likeness (QED) is 0.868. The number of rotatable bonds is 6. The Labute approximate surface area is 122 Å². The molecule has 0 bridgehead atoms. The Hall–Kier alpha value is -1.36. The van der Waals surface area contributed by atoms with Crippen molar-refractivity contribution >= 4 is 11.6 Å². The largest absolute Gasteiger partial charge is 0.374 e. The predicted octanol–water partition coefficient (Wildman–Crippen LogP) is 2.93. The normalized spacial score (nSPS) is 13.2. The topological polar surface area (TPSA) is 50.3 Å². The van der Waals surface area contributed by atoms with E-state index in [0.29, 0.717) is 25.1 Å². The number of ether oxygens (including phenoxy) is 1. The van der Waals surface area contributed by atoms with E-state index >= 15 is 0 Å². The van der Waals surface area contributed by atoms with Crippen LogP contribution in [0.25, 0.3) is 0 Å². The van der Waals surface area contributed by atoms with Crippen LogP contribution in [0, 0.1) is 5.41 Å². The highest BCUT2D eigenvalue weighted by atomic mass is 16.5. The minimum atomic E-state index is 0.180. The Morgan fingerprint density at radius 2 is 2.00 bits per heavy atom. The molecule has 1 aromatic heterocycles. The third kappa shape index (κ3) is 4.34. The van der Waals surface area contributed by atoms with Crippen LogP contribution in [0.5, 0.6) is 0 Å². The van der Waals surface area contributed by atoms with Crippen molar-refractivity contribution in [2.45, 2.75) is 47.3 Å². The van der Waals surface area contributed by atoms with Gasteiger partial charge < -0.3 is 15.0 Å². The SMILES string of the molecule is CCOCc1nc(NC)cc(N(C)C(C)C(C)(C)C)n1. The van der Waals surface area contributed by atoms with Gasteiger partial charge in [0.15, 0.2) is 5.82 Å². The summed E-state index contributed by atoms with van der Waals surface area (Å²) < 4.78 is 5.41. The molecule has 20 heavy (non-hydrogen) atoms. The maximum absolute atomic E-state index is 5.41. The van der Waals surface area contributed by atoms with E-state index < -0.39 is 0 Å². The Bertz CT molecular complexity index is 428. The minimum Gasteiger partial charge on any atom is -0.374 e. The van der Waals surface area contributed by atoms with Crippen molar-refractivity contribution in [2.24, 2.45) is 5.41 Å². The molecular formula is C15H28N4O. The number of hydrogen-bond donors (Lipinski definition) is 1. The first kappa shape index (κ1) is 16.7. The van der Waals surface area contributed by atoms with E-state index in [1.807, 2.05) is 20.0 Å². The molecule has 114 valence electrons. The molecule has 1 heterocycles. The van der Waals surface area contributed by atoms with E-state index in [-0.39, 0.29) is 5.41 Å². The average Bonchev–Trinajstić information content (AvgIpc) is 2.41. The fraction of sp³-hybridized carbons (Fsp3) is 0.733. The van der Waals surface area contributed by atoms with E-state index in [1.165, 1.54) is 0 Å². The number of anilines is 2. The first-order valence-electron chi connectivity index (χ1n) is 7.15. The number of aromatic nitrogens is 2. The van der Waals surface area contributed by atoms with Gasteiger partial charge in [-0.15, -0.1) is 0 Å². The third-order valence-electron chi connectivity index (χ3n) is 3.65. The molecule has 0 aliphatic rings. The summed E-state index contributed by atoms with van der Waals surface area (Å²) in [4.78, 5) is 11.2. The van der Waals surface area contributed by atoms with E-state index in [9.17, 15) is 0 Å². The molecule has 0 saturated heterocycles. The fourth-order valence-electron chi connectivity index (χ4n) is 1.83. The van der Waals surface area contributed by atoms with Crippen LogP contribution in [0.2, 0.25) is 0 Å². The maximum Gasteiger partial charge on any atom is 0.158 e. The van der Waals surface area contributed by atoms with Gasteiger partial charge in [0.05, 0.1) is 0 Å². The zero-order chi connectivity index (χ0) is 15.3. The second kappa shape index (κ2) is 6.88. The van der Waals surface area contributed by atoms with Gasteiger partial charge in [0, 0.05) is 32.8 Å². The Morgan fingerprint density at radius 1 is 1.35 bits per heavy atom. The summed E-state index contributed by atoms with van der Waals surface area (Å²) in [5.41, 5.74) is 0.180. The summed E-state index contributed by atoms with van der Waals surface area (Å²) in [6, 6.07) is 2.33. The van der Waals surface area contributed by atoms with Crippen LogP contribution in [0.15, 0.2) is 6.07 Å². The van der Waals surface area contributed by atoms with Crippen molar-refractivity contribution in [3.63, 3.8) is 0 Å². The molecule has 1 rings (SSSR count). The summed E-state index contributed by atoms with van der Waals surface area (Å²) in [5.74, 6) is 2.45. The van der Waals surface area contributed by atoms with Crippen molar-refractivity contribution in [2.75, 3.05) is 30.9 Å². The van der Waals surface area contributed by atoms with Crippen LogP contribution >= 0.6 is 0 Å². The van der Waals surface area contributed by atoms with Gasteiger partial charge in [-0.2, -0.15) is 0 Å². The first-order valence-corrected chi connectivity index (χ1v) is 7.15. The third-order valence-corrected chi connectivity index (χ3v) is 3.65. The highest BCUT2D eigenvalue weighted by molar-refractivity contribution is 5.49. The summed E-state index contributed by atoms with van der Waals surface area (Å²) in [6.07, 6.45) is 0.